The predicted molar refractivity (Wildman–Crippen MR) is 98.3 cm³/mol. The summed E-state index contributed by atoms with van der Waals surface area (Å²) in [4.78, 5) is 11.9. The van der Waals surface area contributed by atoms with Crippen molar-refractivity contribution < 1.29 is 17.7 Å². The van der Waals surface area contributed by atoms with Gasteiger partial charge in [-0.05, 0) is 30.2 Å². The number of sulfonamides is 1. The number of hydrogen-bond acceptors (Lipinski definition) is 5. The maximum absolute atomic E-state index is 13.5. The second kappa shape index (κ2) is 7.71. The molecule has 27 heavy (non-hydrogen) atoms. The summed E-state index contributed by atoms with van der Waals surface area (Å²) in [5, 5.41) is 10.9. The van der Waals surface area contributed by atoms with E-state index in [2.05, 4.69) is 11.0 Å². The first-order chi connectivity index (χ1) is 12.8. The summed E-state index contributed by atoms with van der Waals surface area (Å²) >= 11 is 0. The molecule has 7 nitrogen and oxygen atoms in total. The molecule has 0 amide bonds. The quantitative estimate of drug-likeness (QED) is 0.576. The van der Waals surface area contributed by atoms with Gasteiger partial charge in [-0.15, -0.1) is 0 Å². The minimum atomic E-state index is -3.90. The Morgan fingerprint density at radius 2 is 1.78 bits per heavy atom. The Morgan fingerprint density at radius 1 is 1.11 bits per heavy atom. The molecule has 2 aromatic rings. The first kappa shape index (κ1) is 19.4. The Kier molecular flexibility index (Phi) is 5.54. The maximum Gasteiger partial charge on any atom is 0.306 e. The molecular weight excluding hydrogens is 373 g/mol. The smallest absolute Gasteiger partial charge is 0.296 e. The van der Waals surface area contributed by atoms with Crippen molar-refractivity contribution in [3.8, 4) is 0 Å². The van der Waals surface area contributed by atoms with E-state index < -0.39 is 26.5 Å². The minimum Gasteiger partial charge on any atom is -0.296 e. The van der Waals surface area contributed by atoms with Gasteiger partial charge in [0, 0.05) is 38.8 Å². The number of hydrogen-bond donors (Lipinski definition) is 0. The zero-order chi connectivity index (χ0) is 19.6. The van der Waals surface area contributed by atoms with Crippen molar-refractivity contribution in [3.63, 3.8) is 0 Å². The number of benzene rings is 2. The number of nitro groups is 1. The highest BCUT2D eigenvalue weighted by atomic mass is 32.2. The number of nitrogens with zero attached hydrogens (tertiary/aromatic N) is 3. The normalized spacial score (nSPS) is 16.4. The van der Waals surface area contributed by atoms with E-state index in [1.54, 1.807) is 0 Å². The number of piperazine rings is 1. The highest BCUT2D eigenvalue weighted by Crippen LogP contribution is 2.25. The molecule has 1 heterocycles. The molecule has 1 aliphatic rings. The van der Waals surface area contributed by atoms with E-state index in [9.17, 15) is 22.9 Å². The van der Waals surface area contributed by atoms with Crippen LogP contribution in [0.1, 0.15) is 11.1 Å². The fraction of sp³-hybridized carbons (Fsp3) is 0.333. The van der Waals surface area contributed by atoms with Crippen LogP contribution in [-0.4, -0.2) is 48.7 Å². The lowest BCUT2D eigenvalue weighted by molar-refractivity contribution is -0.387. The number of aryl methyl sites for hydroxylation is 1. The standard InChI is InChI=1S/C18H20FN3O4S/c1-14-4-2-3-5-15(14)13-20-8-10-21(11-9-20)27(25,26)16-6-7-17(19)18(12-16)22(23)24/h2-7,12H,8-11,13H2,1H3. The lowest BCUT2D eigenvalue weighted by Crippen LogP contribution is -2.48. The third kappa shape index (κ3) is 4.15. The van der Waals surface area contributed by atoms with Crippen LogP contribution in [0.3, 0.4) is 0 Å². The summed E-state index contributed by atoms with van der Waals surface area (Å²) in [6, 6.07) is 10.7. The zero-order valence-electron chi connectivity index (χ0n) is 14.8. The Balaban J connectivity index is 1.71. The molecule has 144 valence electrons. The largest absolute Gasteiger partial charge is 0.306 e. The van der Waals surface area contributed by atoms with Crippen LogP contribution in [-0.2, 0) is 16.6 Å². The molecule has 0 aromatic heterocycles. The van der Waals surface area contributed by atoms with E-state index >= 15 is 0 Å². The van der Waals surface area contributed by atoms with Crippen molar-refractivity contribution in [3.05, 3.63) is 69.5 Å². The average Bonchev–Trinajstić information content (AvgIpc) is 2.64. The molecule has 0 N–H and O–H groups in total. The molecule has 1 aliphatic heterocycles. The molecule has 2 aromatic carbocycles. The van der Waals surface area contributed by atoms with Crippen LogP contribution in [0.25, 0.3) is 0 Å². The van der Waals surface area contributed by atoms with Crippen LogP contribution in [0.5, 0.6) is 0 Å². The number of halogens is 1. The summed E-state index contributed by atoms with van der Waals surface area (Å²) in [5.41, 5.74) is 1.54. The van der Waals surface area contributed by atoms with Crippen LogP contribution in [0.4, 0.5) is 10.1 Å². The van der Waals surface area contributed by atoms with Gasteiger partial charge in [-0.1, -0.05) is 24.3 Å². The first-order valence-corrected chi connectivity index (χ1v) is 9.94. The summed E-state index contributed by atoms with van der Waals surface area (Å²) in [5.74, 6) is -1.05. The molecule has 0 radical (unpaired) electrons. The molecule has 3 rings (SSSR count). The van der Waals surface area contributed by atoms with E-state index in [0.29, 0.717) is 13.1 Å². The van der Waals surface area contributed by atoms with Crippen LogP contribution in [0.15, 0.2) is 47.4 Å². The van der Waals surface area contributed by atoms with Crippen molar-refractivity contribution in [1.29, 1.82) is 0 Å². The highest BCUT2D eigenvalue weighted by Gasteiger charge is 2.30. The predicted octanol–water partition coefficient (Wildman–Crippen LogP) is 2.55. The van der Waals surface area contributed by atoms with Gasteiger partial charge in [-0.2, -0.15) is 8.70 Å². The molecule has 0 bridgehead atoms. The van der Waals surface area contributed by atoms with Gasteiger partial charge in [0.05, 0.1) is 9.82 Å². The van der Waals surface area contributed by atoms with E-state index in [-0.39, 0.29) is 18.0 Å². The SMILES string of the molecule is Cc1ccccc1CN1CCN(S(=O)(=O)c2ccc(F)c([N+](=O)[O-])c2)CC1. The van der Waals surface area contributed by atoms with E-state index in [1.165, 1.54) is 15.4 Å². The van der Waals surface area contributed by atoms with Crippen LogP contribution in [0.2, 0.25) is 0 Å². The van der Waals surface area contributed by atoms with Crippen LogP contribution >= 0.6 is 0 Å². The van der Waals surface area contributed by atoms with Crippen molar-refractivity contribution in [2.24, 2.45) is 0 Å². The maximum atomic E-state index is 13.5. The van der Waals surface area contributed by atoms with Crippen molar-refractivity contribution >= 4 is 15.7 Å². The van der Waals surface area contributed by atoms with Crippen LogP contribution < -0.4 is 0 Å². The lowest BCUT2D eigenvalue weighted by atomic mass is 10.1. The Morgan fingerprint density at radius 3 is 2.41 bits per heavy atom. The lowest BCUT2D eigenvalue weighted by Gasteiger charge is -2.34. The molecule has 0 unspecified atom stereocenters. The third-order valence-corrected chi connectivity index (χ3v) is 6.63. The summed E-state index contributed by atoms with van der Waals surface area (Å²) < 4.78 is 40.3. The fourth-order valence-corrected chi connectivity index (χ4v) is 4.54. The summed E-state index contributed by atoms with van der Waals surface area (Å²) in [7, 11) is -3.90. The second-order valence-electron chi connectivity index (χ2n) is 6.48. The van der Waals surface area contributed by atoms with Crippen LogP contribution in [0, 0.1) is 22.9 Å². The van der Waals surface area contributed by atoms with Gasteiger partial charge in [0.1, 0.15) is 0 Å². The first-order valence-electron chi connectivity index (χ1n) is 8.50. The minimum absolute atomic E-state index is 0.261. The monoisotopic (exact) mass is 393 g/mol. The summed E-state index contributed by atoms with van der Waals surface area (Å²) in [6.45, 7) is 4.44. The highest BCUT2D eigenvalue weighted by molar-refractivity contribution is 7.89. The molecule has 0 spiro atoms. The van der Waals surface area contributed by atoms with Gasteiger partial charge in [-0.25, -0.2) is 8.42 Å². The Labute approximate surface area is 157 Å². The molecular formula is C18H20FN3O4S. The molecule has 1 fully saturated rings. The van der Waals surface area contributed by atoms with E-state index in [4.69, 9.17) is 0 Å². The van der Waals surface area contributed by atoms with Gasteiger partial charge in [0.25, 0.3) is 0 Å². The fourth-order valence-electron chi connectivity index (χ4n) is 3.10. The summed E-state index contributed by atoms with van der Waals surface area (Å²) in [6.07, 6.45) is 0. The zero-order valence-corrected chi connectivity index (χ0v) is 15.7. The van der Waals surface area contributed by atoms with E-state index in [0.717, 1.165) is 24.7 Å². The van der Waals surface area contributed by atoms with Crippen molar-refractivity contribution in [2.45, 2.75) is 18.4 Å². The Hall–Kier alpha value is -2.36. The molecule has 0 aliphatic carbocycles. The number of rotatable bonds is 5. The van der Waals surface area contributed by atoms with Crippen molar-refractivity contribution in [1.82, 2.24) is 9.21 Å². The van der Waals surface area contributed by atoms with E-state index in [1.807, 2.05) is 25.1 Å². The van der Waals surface area contributed by atoms with Gasteiger partial charge < -0.3 is 0 Å². The van der Waals surface area contributed by atoms with Gasteiger partial charge in [-0.3, -0.25) is 15.0 Å². The molecule has 0 saturated carbocycles. The van der Waals surface area contributed by atoms with Gasteiger partial charge >= 0.3 is 5.69 Å². The second-order valence-corrected chi connectivity index (χ2v) is 8.41. The number of nitro benzene ring substituents is 1. The Bertz CT molecular complexity index is 957. The van der Waals surface area contributed by atoms with Crippen molar-refractivity contribution in [2.75, 3.05) is 26.2 Å². The molecule has 1 saturated heterocycles. The van der Waals surface area contributed by atoms with Gasteiger partial charge in [0.15, 0.2) is 0 Å². The topological polar surface area (TPSA) is 83.8 Å². The average molecular weight is 393 g/mol. The molecule has 0 atom stereocenters. The molecule has 9 heteroatoms. The van der Waals surface area contributed by atoms with Gasteiger partial charge in [0.2, 0.25) is 15.8 Å². The third-order valence-electron chi connectivity index (χ3n) is 4.74.